The van der Waals surface area contributed by atoms with Crippen molar-refractivity contribution in [1.82, 2.24) is 0 Å². The van der Waals surface area contributed by atoms with Crippen LogP contribution in [0.25, 0.3) is 0 Å². The molecule has 1 atom stereocenters. The van der Waals surface area contributed by atoms with Crippen LogP contribution in [0.15, 0.2) is 12.2 Å². The first-order valence-corrected chi connectivity index (χ1v) is 10.1. The molecule has 0 saturated heterocycles. The minimum atomic E-state index is 0.454. The molecule has 0 aliphatic rings. The van der Waals surface area contributed by atoms with E-state index in [1.54, 1.807) is 0 Å². The molecular weight excluding hydrogens is 268 g/mol. The van der Waals surface area contributed by atoms with E-state index in [0.29, 0.717) is 6.10 Å². The minimum Gasteiger partial charge on any atom is -0.379 e. The zero-order valence-electron chi connectivity index (χ0n) is 15.7. The molecule has 0 N–H and O–H groups in total. The van der Waals surface area contributed by atoms with Crippen LogP contribution >= 0.6 is 0 Å². The summed E-state index contributed by atoms with van der Waals surface area (Å²) in [6.45, 7) is 7.41. The predicted octanol–water partition coefficient (Wildman–Crippen LogP) is 7.45. The average molecular weight is 311 g/mol. The Morgan fingerprint density at radius 3 is 1.73 bits per heavy atom. The summed E-state index contributed by atoms with van der Waals surface area (Å²) < 4.78 is 5.55. The molecule has 1 heteroatoms. The predicted molar refractivity (Wildman–Crippen MR) is 101 cm³/mol. The second kappa shape index (κ2) is 18.7. The van der Waals surface area contributed by atoms with Gasteiger partial charge in [0.1, 0.15) is 0 Å². The maximum atomic E-state index is 5.55. The lowest BCUT2D eigenvalue weighted by atomic mass is 10.1. The van der Waals surface area contributed by atoms with Crippen LogP contribution in [-0.2, 0) is 4.74 Å². The van der Waals surface area contributed by atoms with E-state index in [2.05, 4.69) is 32.9 Å². The monoisotopic (exact) mass is 310 g/mol. The summed E-state index contributed by atoms with van der Waals surface area (Å²) in [5.74, 6) is 0. The van der Waals surface area contributed by atoms with Gasteiger partial charge in [-0.15, -0.1) is 0 Å². The summed E-state index contributed by atoms with van der Waals surface area (Å²) in [6, 6.07) is 0. The van der Waals surface area contributed by atoms with Gasteiger partial charge in [0, 0.05) is 6.61 Å². The van der Waals surface area contributed by atoms with Crippen LogP contribution in [0.5, 0.6) is 0 Å². The molecule has 0 amide bonds. The Bertz CT molecular complexity index is 222. The summed E-state index contributed by atoms with van der Waals surface area (Å²) in [7, 11) is 0. The van der Waals surface area contributed by atoms with Crippen LogP contribution in [0.1, 0.15) is 111 Å². The molecule has 0 heterocycles. The normalized spacial score (nSPS) is 13.0. The molecule has 0 rings (SSSR count). The van der Waals surface area contributed by atoms with Crippen LogP contribution in [0, 0.1) is 0 Å². The number of ether oxygens (including phenoxy) is 1. The van der Waals surface area contributed by atoms with Crippen molar-refractivity contribution < 1.29 is 4.74 Å². The average Bonchev–Trinajstić information content (AvgIpc) is 2.51. The van der Waals surface area contributed by atoms with Crippen molar-refractivity contribution in [3.8, 4) is 0 Å². The Morgan fingerprint density at radius 1 is 0.682 bits per heavy atom. The van der Waals surface area contributed by atoms with Gasteiger partial charge in [0.05, 0.1) is 6.10 Å². The number of allylic oxidation sites excluding steroid dienone is 2. The maximum absolute atomic E-state index is 5.55. The van der Waals surface area contributed by atoms with Gasteiger partial charge < -0.3 is 4.74 Å². The van der Waals surface area contributed by atoms with E-state index in [0.717, 1.165) is 6.61 Å². The van der Waals surface area contributed by atoms with Gasteiger partial charge in [-0.1, -0.05) is 76.9 Å². The smallest absolute Gasteiger partial charge is 0.0546 e. The maximum Gasteiger partial charge on any atom is 0.0546 e. The van der Waals surface area contributed by atoms with Gasteiger partial charge in [0.15, 0.2) is 0 Å². The van der Waals surface area contributed by atoms with E-state index >= 15 is 0 Å². The Kier molecular flexibility index (Phi) is 18.5. The van der Waals surface area contributed by atoms with Crippen molar-refractivity contribution >= 4 is 0 Å². The summed E-state index contributed by atoms with van der Waals surface area (Å²) in [6.07, 6.45) is 24.4. The lowest BCUT2D eigenvalue weighted by Crippen LogP contribution is -2.07. The lowest BCUT2D eigenvalue weighted by molar-refractivity contribution is 0.0684. The zero-order chi connectivity index (χ0) is 16.3. The van der Waals surface area contributed by atoms with E-state index in [-0.39, 0.29) is 0 Å². The molecule has 0 aromatic carbocycles. The van der Waals surface area contributed by atoms with Crippen molar-refractivity contribution in [1.29, 1.82) is 0 Å². The van der Waals surface area contributed by atoms with E-state index in [1.807, 2.05) is 0 Å². The number of hydrogen-bond acceptors (Lipinski definition) is 1. The molecule has 0 spiro atoms. The zero-order valence-corrected chi connectivity index (χ0v) is 15.7. The van der Waals surface area contributed by atoms with Crippen molar-refractivity contribution in [3.05, 3.63) is 12.2 Å². The summed E-state index contributed by atoms with van der Waals surface area (Å²) in [5, 5.41) is 0. The molecule has 0 radical (unpaired) electrons. The SMILES string of the molecule is CCCCCCCCC=CCCCCCCCC(C)OCC. The second-order valence-electron chi connectivity index (χ2n) is 6.64. The standard InChI is InChI=1S/C21H42O/c1-4-6-7-8-9-10-11-12-13-14-15-16-17-18-19-20-21(3)22-5-2/h12-13,21H,4-11,14-20H2,1-3H3. The van der Waals surface area contributed by atoms with Gasteiger partial charge >= 0.3 is 0 Å². The van der Waals surface area contributed by atoms with Gasteiger partial charge in [-0.25, -0.2) is 0 Å². The van der Waals surface area contributed by atoms with E-state index in [4.69, 9.17) is 4.74 Å². The fourth-order valence-electron chi connectivity index (χ4n) is 2.87. The molecule has 1 unspecified atom stereocenters. The third kappa shape index (κ3) is 17.8. The molecule has 22 heavy (non-hydrogen) atoms. The fourth-order valence-corrected chi connectivity index (χ4v) is 2.87. The lowest BCUT2D eigenvalue weighted by Gasteiger charge is -2.10. The first-order chi connectivity index (χ1) is 10.8. The highest BCUT2D eigenvalue weighted by atomic mass is 16.5. The van der Waals surface area contributed by atoms with Crippen LogP contribution < -0.4 is 0 Å². The van der Waals surface area contributed by atoms with Crippen LogP contribution in [-0.4, -0.2) is 12.7 Å². The van der Waals surface area contributed by atoms with Gasteiger partial charge in [-0.3, -0.25) is 0 Å². The largest absolute Gasteiger partial charge is 0.379 e. The Hall–Kier alpha value is -0.300. The van der Waals surface area contributed by atoms with Crippen LogP contribution in [0.2, 0.25) is 0 Å². The number of unbranched alkanes of at least 4 members (excludes halogenated alkanes) is 11. The number of hydrogen-bond donors (Lipinski definition) is 0. The highest BCUT2D eigenvalue weighted by Crippen LogP contribution is 2.11. The third-order valence-corrected chi connectivity index (χ3v) is 4.32. The molecule has 0 aliphatic carbocycles. The van der Waals surface area contributed by atoms with Gasteiger partial charge in [-0.05, 0) is 46.0 Å². The Balaban J connectivity index is 3.11. The number of rotatable bonds is 17. The molecular formula is C21H42O. The Labute approximate surface area is 140 Å². The topological polar surface area (TPSA) is 9.23 Å². The van der Waals surface area contributed by atoms with Crippen molar-refractivity contribution in [2.24, 2.45) is 0 Å². The molecule has 1 nitrogen and oxygen atoms in total. The molecule has 0 aromatic heterocycles. The first kappa shape index (κ1) is 21.7. The van der Waals surface area contributed by atoms with Crippen LogP contribution in [0.3, 0.4) is 0 Å². The van der Waals surface area contributed by atoms with E-state index in [1.165, 1.54) is 89.9 Å². The third-order valence-electron chi connectivity index (χ3n) is 4.32. The van der Waals surface area contributed by atoms with Crippen molar-refractivity contribution in [3.63, 3.8) is 0 Å². The quantitative estimate of drug-likeness (QED) is 0.200. The second-order valence-corrected chi connectivity index (χ2v) is 6.64. The molecule has 132 valence electrons. The summed E-state index contributed by atoms with van der Waals surface area (Å²) in [4.78, 5) is 0. The van der Waals surface area contributed by atoms with Crippen LogP contribution in [0.4, 0.5) is 0 Å². The first-order valence-electron chi connectivity index (χ1n) is 10.1. The van der Waals surface area contributed by atoms with Crippen molar-refractivity contribution in [2.75, 3.05) is 6.61 Å². The Morgan fingerprint density at radius 2 is 1.18 bits per heavy atom. The fraction of sp³-hybridized carbons (Fsp3) is 0.905. The highest BCUT2D eigenvalue weighted by Gasteiger charge is 1.99. The summed E-state index contributed by atoms with van der Waals surface area (Å²) in [5.41, 5.74) is 0. The summed E-state index contributed by atoms with van der Waals surface area (Å²) >= 11 is 0. The molecule has 0 saturated carbocycles. The highest BCUT2D eigenvalue weighted by molar-refractivity contribution is 4.81. The van der Waals surface area contributed by atoms with Crippen molar-refractivity contribution in [2.45, 2.75) is 117 Å². The van der Waals surface area contributed by atoms with E-state index < -0.39 is 0 Å². The van der Waals surface area contributed by atoms with Gasteiger partial charge in [0.2, 0.25) is 0 Å². The molecule has 0 fully saturated rings. The van der Waals surface area contributed by atoms with E-state index in [9.17, 15) is 0 Å². The molecule has 0 bridgehead atoms. The molecule has 0 aromatic rings. The minimum absolute atomic E-state index is 0.454. The van der Waals surface area contributed by atoms with Gasteiger partial charge in [-0.2, -0.15) is 0 Å². The van der Waals surface area contributed by atoms with Gasteiger partial charge in [0.25, 0.3) is 0 Å². The molecule has 0 aliphatic heterocycles.